The third kappa shape index (κ3) is 4.70. The maximum atomic E-state index is 11.9. The number of rotatable bonds is 8. The maximum Gasteiger partial charge on any atom is 0.230 e. The van der Waals surface area contributed by atoms with Crippen LogP contribution < -0.4 is 5.32 Å². The summed E-state index contributed by atoms with van der Waals surface area (Å²) < 4.78 is 3.63. The van der Waals surface area contributed by atoms with Crippen LogP contribution >= 0.6 is 23.4 Å². The Morgan fingerprint density at radius 1 is 1.42 bits per heavy atom. The second kappa shape index (κ2) is 8.48. The van der Waals surface area contributed by atoms with E-state index in [2.05, 4.69) is 25.9 Å². The fraction of sp³-hybridized carbons (Fsp3) is 0.643. The lowest BCUT2D eigenvalue weighted by atomic mass is 10.2. The van der Waals surface area contributed by atoms with Crippen molar-refractivity contribution in [3.05, 3.63) is 23.2 Å². The summed E-state index contributed by atoms with van der Waals surface area (Å²) in [5.74, 6) is 1.88. The minimum atomic E-state index is -0.00172. The summed E-state index contributed by atoms with van der Waals surface area (Å²) in [5, 5.41) is 19.5. The minimum Gasteiger partial charge on any atom is -0.354 e. The predicted molar refractivity (Wildman–Crippen MR) is 91.7 cm³/mol. The van der Waals surface area contributed by atoms with Crippen LogP contribution in [0.1, 0.15) is 37.5 Å². The van der Waals surface area contributed by atoms with Gasteiger partial charge in [-0.1, -0.05) is 24.4 Å². The molecule has 1 aliphatic carbocycles. The van der Waals surface area contributed by atoms with E-state index in [1.165, 1.54) is 24.6 Å². The average Bonchev–Trinajstić information content (AvgIpc) is 3.28. The Morgan fingerprint density at radius 3 is 3.00 bits per heavy atom. The molecule has 130 valence electrons. The zero-order valence-corrected chi connectivity index (χ0v) is 14.8. The van der Waals surface area contributed by atoms with Crippen molar-refractivity contribution < 1.29 is 4.79 Å². The van der Waals surface area contributed by atoms with E-state index in [4.69, 9.17) is 11.6 Å². The van der Waals surface area contributed by atoms with Crippen molar-refractivity contribution in [3.8, 4) is 0 Å². The first-order valence-electron chi connectivity index (χ1n) is 8.01. The number of hydrogen-bond acceptors (Lipinski definition) is 6. The number of aromatic nitrogens is 6. The van der Waals surface area contributed by atoms with Crippen molar-refractivity contribution >= 4 is 29.3 Å². The Balaban J connectivity index is 1.35. The van der Waals surface area contributed by atoms with E-state index >= 15 is 0 Å². The quantitative estimate of drug-likeness (QED) is 0.761. The van der Waals surface area contributed by atoms with Crippen molar-refractivity contribution in [2.24, 2.45) is 0 Å². The molecule has 0 bridgehead atoms. The second-order valence-corrected chi connectivity index (χ2v) is 7.16. The lowest BCUT2D eigenvalue weighted by Gasteiger charge is -2.11. The molecule has 1 fully saturated rings. The van der Waals surface area contributed by atoms with E-state index in [1.54, 1.807) is 17.1 Å². The number of tetrazole rings is 1. The lowest BCUT2D eigenvalue weighted by molar-refractivity contribution is -0.118. The van der Waals surface area contributed by atoms with Crippen molar-refractivity contribution in [1.29, 1.82) is 0 Å². The van der Waals surface area contributed by atoms with Gasteiger partial charge in [0.25, 0.3) is 0 Å². The number of nitrogens with zero attached hydrogens (tertiary/aromatic N) is 6. The maximum absolute atomic E-state index is 11.9. The minimum absolute atomic E-state index is 0.00172. The van der Waals surface area contributed by atoms with Gasteiger partial charge in [-0.3, -0.25) is 9.48 Å². The van der Waals surface area contributed by atoms with Gasteiger partial charge in [0.05, 0.1) is 35.3 Å². The molecule has 1 amide bonds. The number of carbonyl (C=O) groups is 1. The van der Waals surface area contributed by atoms with Gasteiger partial charge < -0.3 is 5.32 Å². The molecule has 2 aromatic heterocycles. The largest absolute Gasteiger partial charge is 0.354 e. The van der Waals surface area contributed by atoms with Gasteiger partial charge in [-0.15, -0.1) is 16.9 Å². The molecule has 2 aromatic rings. The average molecular weight is 370 g/mol. The number of nitrogens with one attached hydrogen (secondary N) is 1. The van der Waals surface area contributed by atoms with Gasteiger partial charge >= 0.3 is 0 Å². The van der Waals surface area contributed by atoms with Crippen LogP contribution in [0.25, 0.3) is 0 Å². The SMILES string of the molecule is O=C(CSCc1nnnn1C1CCCC1)NCCn1cc(Cl)cn1. The molecular formula is C14H20ClN7OS. The number of halogens is 1. The van der Waals surface area contributed by atoms with Crippen LogP contribution in [0.3, 0.4) is 0 Å². The van der Waals surface area contributed by atoms with Crippen LogP contribution in [0.4, 0.5) is 0 Å². The van der Waals surface area contributed by atoms with E-state index in [1.807, 2.05) is 4.68 Å². The Morgan fingerprint density at radius 2 is 2.25 bits per heavy atom. The van der Waals surface area contributed by atoms with Crippen LogP contribution in [0.2, 0.25) is 5.02 Å². The molecule has 0 spiro atoms. The highest BCUT2D eigenvalue weighted by Gasteiger charge is 2.21. The van der Waals surface area contributed by atoms with Crippen LogP contribution in [-0.2, 0) is 17.1 Å². The van der Waals surface area contributed by atoms with E-state index in [9.17, 15) is 4.79 Å². The first-order chi connectivity index (χ1) is 11.7. The second-order valence-electron chi connectivity index (χ2n) is 5.74. The van der Waals surface area contributed by atoms with Gasteiger partial charge in [0, 0.05) is 12.7 Å². The van der Waals surface area contributed by atoms with E-state index < -0.39 is 0 Å². The Kier molecular flexibility index (Phi) is 6.08. The monoisotopic (exact) mass is 369 g/mol. The smallest absolute Gasteiger partial charge is 0.230 e. The fourth-order valence-electron chi connectivity index (χ4n) is 2.80. The molecule has 1 aliphatic rings. The molecule has 0 radical (unpaired) electrons. The van der Waals surface area contributed by atoms with Gasteiger partial charge in [0.2, 0.25) is 5.91 Å². The van der Waals surface area contributed by atoms with Gasteiger partial charge in [-0.2, -0.15) is 5.10 Å². The molecule has 2 heterocycles. The van der Waals surface area contributed by atoms with Gasteiger partial charge in [0.1, 0.15) is 0 Å². The predicted octanol–water partition coefficient (Wildman–Crippen LogP) is 1.69. The molecule has 24 heavy (non-hydrogen) atoms. The molecule has 0 aromatic carbocycles. The fourth-order valence-corrected chi connectivity index (χ4v) is 3.71. The van der Waals surface area contributed by atoms with E-state index in [0.29, 0.717) is 35.7 Å². The summed E-state index contributed by atoms with van der Waals surface area (Å²) in [5.41, 5.74) is 0. The van der Waals surface area contributed by atoms with Crippen LogP contribution in [0.15, 0.2) is 12.4 Å². The molecule has 8 nitrogen and oxygen atoms in total. The summed E-state index contributed by atoms with van der Waals surface area (Å²) >= 11 is 7.31. The van der Waals surface area contributed by atoms with Crippen molar-refractivity contribution in [3.63, 3.8) is 0 Å². The number of thioether (sulfide) groups is 1. The van der Waals surface area contributed by atoms with Crippen LogP contribution in [0.5, 0.6) is 0 Å². The Labute approximate surface area is 149 Å². The molecule has 3 rings (SSSR count). The zero-order valence-electron chi connectivity index (χ0n) is 13.3. The molecule has 10 heteroatoms. The Hall–Kier alpha value is -1.61. The molecule has 1 saturated carbocycles. The molecular weight excluding hydrogens is 350 g/mol. The van der Waals surface area contributed by atoms with Crippen molar-refractivity contribution in [1.82, 2.24) is 35.3 Å². The van der Waals surface area contributed by atoms with Gasteiger partial charge in [-0.05, 0) is 23.3 Å². The molecule has 1 N–H and O–H groups in total. The summed E-state index contributed by atoms with van der Waals surface area (Å²) in [6, 6.07) is 0.422. The zero-order chi connectivity index (χ0) is 16.8. The molecule has 0 aliphatic heterocycles. The molecule has 0 unspecified atom stereocenters. The normalized spacial score (nSPS) is 15.0. The number of hydrogen-bond donors (Lipinski definition) is 1. The summed E-state index contributed by atoms with van der Waals surface area (Å²) in [6.07, 6.45) is 8.06. The highest BCUT2D eigenvalue weighted by atomic mass is 35.5. The molecule has 0 saturated heterocycles. The van der Waals surface area contributed by atoms with Crippen molar-refractivity contribution in [2.45, 2.75) is 44.0 Å². The number of amides is 1. The number of carbonyl (C=O) groups excluding carboxylic acids is 1. The summed E-state index contributed by atoms with van der Waals surface area (Å²) in [6.45, 7) is 1.13. The van der Waals surface area contributed by atoms with Crippen LogP contribution in [0, 0.1) is 0 Å². The first kappa shape index (κ1) is 17.2. The van der Waals surface area contributed by atoms with Crippen LogP contribution in [-0.4, -0.2) is 48.2 Å². The highest BCUT2D eigenvalue weighted by molar-refractivity contribution is 7.99. The first-order valence-corrected chi connectivity index (χ1v) is 9.55. The summed E-state index contributed by atoms with van der Waals surface area (Å²) in [7, 11) is 0. The van der Waals surface area contributed by atoms with E-state index in [0.717, 1.165) is 18.7 Å². The lowest BCUT2D eigenvalue weighted by Crippen LogP contribution is -2.28. The van der Waals surface area contributed by atoms with Gasteiger partial charge in [0.15, 0.2) is 5.82 Å². The topological polar surface area (TPSA) is 90.5 Å². The van der Waals surface area contributed by atoms with E-state index in [-0.39, 0.29) is 5.91 Å². The van der Waals surface area contributed by atoms with Gasteiger partial charge in [-0.25, -0.2) is 4.68 Å². The Bertz CT molecular complexity index is 668. The summed E-state index contributed by atoms with van der Waals surface area (Å²) in [4.78, 5) is 11.9. The van der Waals surface area contributed by atoms with Crippen molar-refractivity contribution in [2.75, 3.05) is 12.3 Å². The third-order valence-electron chi connectivity index (χ3n) is 3.96. The third-order valence-corrected chi connectivity index (χ3v) is 5.08. The molecule has 0 atom stereocenters. The highest BCUT2D eigenvalue weighted by Crippen LogP contribution is 2.29. The standard InChI is InChI=1S/C14H20ClN7OS/c15-11-7-17-21(8-11)6-5-16-14(23)10-24-9-13-18-19-20-22(13)12-3-1-2-4-12/h7-8,12H,1-6,9-10H2,(H,16,23).